The minimum atomic E-state index is 0.798. The highest BCUT2D eigenvalue weighted by molar-refractivity contribution is 9.10. The third-order valence-corrected chi connectivity index (χ3v) is 5.02. The lowest BCUT2D eigenvalue weighted by Gasteiger charge is -2.27. The Hall–Kier alpha value is -0.580. The smallest absolute Gasteiger partial charge is 0.133 e. The zero-order valence-electron chi connectivity index (χ0n) is 11.9. The molecule has 20 heavy (non-hydrogen) atoms. The van der Waals surface area contributed by atoms with Gasteiger partial charge in [-0.3, -0.25) is 0 Å². The van der Waals surface area contributed by atoms with Crippen LogP contribution in [-0.4, -0.2) is 44.2 Å². The van der Waals surface area contributed by atoms with E-state index in [0.29, 0.717) is 0 Å². The Morgan fingerprint density at radius 1 is 1.25 bits per heavy atom. The summed E-state index contributed by atoms with van der Waals surface area (Å²) in [5, 5.41) is 3.40. The van der Waals surface area contributed by atoms with E-state index in [2.05, 4.69) is 44.3 Å². The molecule has 0 aromatic heterocycles. The maximum absolute atomic E-state index is 5.92. The number of hydrogen-bond donors (Lipinski definition) is 1. The predicted molar refractivity (Wildman–Crippen MR) is 85.4 cm³/mol. The lowest BCUT2D eigenvalue weighted by Crippen LogP contribution is -2.44. The van der Waals surface area contributed by atoms with Gasteiger partial charge in [0.2, 0.25) is 0 Å². The van der Waals surface area contributed by atoms with Crippen LogP contribution in [-0.2, 0) is 6.42 Å². The Balaban J connectivity index is 1.55. The van der Waals surface area contributed by atoms with Gasteiger partial charge in [-0.15, -0.1) is 0 Å². The van der Waals surface area contributed by atoms with Crippen molar-refractivity contribution in [3.8, 4) is 5.75 Å². The zero-order chi connectivity index (χ0) is 13.8. The van der Waals surface area contributed by atoms with Crippen LogP contribution < -0.4 is 10.1 Å². The third kappa shape index (κ3) is 3.96. The Morgan fingerprint density at radius 2 is 2.05 bits per heavy atom. The second-order valence-corrected chi connectivity index (χ2v) is 6.62. The number of benzene rings is 1. The van der Waals surface area contributed by atoms with Gasteiger partial charge in [-0.25, -0.2) is 0 Å². The maximum Gasteiger partial charge on any atom is 0.133 e. The molecule has 1 saturated heterocycles. The molecule has 1 aromatic rings. The highest BCUT2D eigenvalue weighted by atomic mass is 79.9. The van der Waals surface area contributed by atoms with Gasteiger partial charge in [0.25, 0.3) is 0 Å². The van der Waals surface area contributed by atoms with Gasteiger partial charge < -0.3 is 15.0 Å². The van der Waals surface area contributed by atoms with Crippen LogP contribution in [0, 0.1) is 5.92 Å². The first-order chi connectivity index (χ1) is 9.83. The molecular weight excluding hydrogens is 316 g/mol. The van der Waals surface area contributed by atoms with Gasteiger partial charge in [0.1, 0.15) is 5.75 Å². The normalized spacial score (nSPS) is 20.1. The first-order valence-corrected chi connectivity index (χ1v) is 8.45. The van der Waals surface area contributed by atoms with Crippen LogP contribution in [0.1, 0.15) is 18.4 Å². The average molecular weight is 339 g/mol. The second kappa shape index (κ2) is 6.92. The molecule has 0 atom stereocenters. The molecule has 1 aliphatic carbocycles. The third-order valence-electron chi connectivity index (χ3n) is 4.12. The molecule has 1 aromatic carbocycles. The minimum absolute atomic E-state index is 0.798. The fourth-order valence-corrected chi connectivity index (χ4v) is 3.14. The summed E-state index contributed by atoms with van der Waals surface area (Å²) >= 11 is 3.72. The van der Waals surface area contributed by atoms with E-state index in [1.807, 2.05) is 0 Å². The molecular formula is C16H23BrN2O. The van der Waals surface area contributed by atoms with Crippen LogP contribution >= 0.6 is 15.9 Å². The largest absolute Gasteiger partial charge is 0.492 e. The van der Waals surface area contributed by atoms with Gasteiger partial charge in [0.05, 0.1) is 11.1 Å². The maximum atomic E-state index is 5.92. The second-order valence-electron chi connectivity index (χ2n) is 5.83. The quantitative estimate of drug-likeness (QED) is 0.863. The molecule has 3 rings (SSSR count). The number of halogens is 1. The van der Waals surface area contributed by atoms with E-state index in [1.165, 1.54) is 18.4 Å². The summed E-state index contributed by atoms with van der Waals surface area (Å²) in [4.78, 5) is 2.53. The van der Waals surface area contributed by atoms with Crippen LogP contribution in [0.5, 0.6) is 5.75 Å². The van der Waals surface area contributed by atoms with Crippen LogP contribution in [0.2, 0.25) is 0 Å². The van der Waals surface area contributed by atoms with Crippen LogP contribution in [0.4, 0.5) is 0 Å². The Morgan fingerprint density at radius 3 is 2.80 bits per heavy atom. The van der Waals surface area contributed by atoms with E-state index in [-0.39, 0.29) is 0 Å². The number of nitrogens with one attached hydrogen (secondary N) is 1. The molecule has 2 aliphatic rings. The SMILES string of the molecule is Brc1c(CCN2CCNCC2)cccc1OCC1CC1. The van der Waals surface area contributed by atoms with E-state index in [1.54, 1.807) is 0 Å². The molecule has 0 unspecified atom stereocenters. The minimum Gasteiger partial charge on any atom is -0.492 e. The summed E-state index contributed by atoms with van der Waals surface area (Å²) in [7, 11) is 0. The Bertz CT molecular complexity index is 442. The van der Waals surface area contributed by atoms with Crippen LogP contribution in [0.3, 0.4) is 0 Å². The predicted octanol–water partition coefficient (Wildman–Crippen LogP) is 2.69. The van der Waals surface area contributed by atoms with Crippen molar-refractivity contribution < 1.29 is 4.74 Å². The Labute approximate surface area is 129 Å². The molecule has 0 amide bonds. The van der Waals surface area contributed by atoms with Gasteiger partial charge in [0.15, 0.2) is 0 Å². The van der Waals surface area contributed by atoms with Crippen molar-refractivity contribution in [2.24, 2.45) is 5.92 Å². The molecule has 0 spiro atoms. The molecule has 110 valence electrons. The highest BCUT2D eigenvalue weighted by Crippen LogP contribution is 2.33. The van der Waals surface area contributed by atoms with Crippen molar-refractivity contribution in [2.75, 3.05) is 39.3 Å². The fraction of sp³-hybridized carbons (Fsp3) is 0.625. The molecule has 1 heterocycles. The van der Waals surface area contributed by atoms with Gasteiger partial charge in [-0.2, -0.15) is 0 Å². The van der Waals surface area contributed by atoms with Crippen molar-refractivity contribution in [1.29, 1.82) is 0 Å². The fourth-order valence-electron chi connectivity index (χ4n) is 2.57. The van der Waals surface area contributed by atoms with Crippen molar-refractivity contribution in [3.05, 3.63) is 28.2 Å². The molecule has 1 saturated carbocycles. The van der Waals surface area contributed by atoms with Crippen molar-refractivity contribution in [2.45, 2.75) is 19.3 Å². The molecule has 1 N–H and O–H groups in total. The van der Waals surface area contributed by atoms with Crippen molar-refractivity contribution >= 4 is 15.9 Å². The topological polar surface area (TPSA) is 24.5 Å². The first kappa shape index (κ1) is 14.4. The van der Waals surface area contributed by atoms with E-state index >= 15 is 0 Å². The summed E-state index contributed by atoms with van der Waals surface area (Å²) in [5.74, 6) is 1.81. The van der Waals surface area contributed by atoms with Gasteiger partial charge in [-0.1, -0.05) is 12.1 Å². The van der Waals surface area contributed by atoms with E-state index in [4.69, 9.17) is 4.74 Å². The standard InChI is InChI=1S/C16H23BrN2O/c17-16-14(6-9-19-10-7-18-8-11-19)2-1-3-15(16)20-12-13-4-5-13/h1-3,13,18H,4-12H2. The Kier molecular flexibility index (Phi) is 4.97. The lowest BCUT2D eigenvalue weighted by atomic mass is 10.1. The molecule has 0 bridgehead atoms. The first-order valence-electron chi connectivity index (χ1n) is 7.66. The van der Waals surface area contributed by atoms with Crippen LogP contribution in [0.15, 0.2) is 22.7 Å². The van der Waals surface area contributed by atoms with Gasteiger partial charge >= 0.3 is 0 Å². The summed E-state index contributed by atoms with van der Waals surface area (Å²) in [6, 6.07) is 6.39. The average Bonchev–Trinajstić information content (AvgIpc) is 3.30. The number of nitrogens with zero attached hydrogens (tertiary/aromatic N) is 1. The molecule has 3 nitrogen and oxygen atoms in total. The lowest BCUT2D eigenvalue weighted by molar-refractivity contribution is 0.243. The molecule has 2 fully saturated rings. The number of rotatable bonds is 6. The number of ether oxygens (including phenoxy) is 1. The van der Waals surface area contributed by atoms with Crippen molar-refractivity contribution in [1.82, 2.24) is 10.2 Å². The van der Waals surface area contributed by atoms with E-state index in [0.717, 1.165) is 61.9 Å². The molecule has 1 aliphatic heterocycles. The summed E-state index contributed by atoms with van der Waals surface area (Å²) in [6.45, 7) is 6.56. The number of piperazine rings is 1. The number of hydrogen-bond acceptors (Lipinski definition) is 3. The van der Waals surface area contributed by atoms with Gasteiger partial charge in [-0.05, 0) is 52.7 Å². The van der Waals surface area contributed by atoms with Gasteiger partial charge in [0, 0.05) is 32.7 Å². The summed E-state index contributed by atoms with van der Waals surface area (Å²) < 4.78 is 7.07. The highest BCUT2D eigenvalue weighted by Gasteiger charge is 2.22. The van der Waals surface area contributed by atoms with Crippen LogP contribution in [0.25, 0.3) is 0 Å². The monoisotopic (exact) mass is 338 g/mol. The molecule has 0 radical (unpaired) electrons. The zero-order valence-corrected chi connectivity index (χ0v) is 13.5. The van der Waals surface area contributed by atoms with E-state index in [9.17, 15) is 0 Å². The molecule has 4 heteroatoms. The van der Waals surface area contributed by atoms with Crippen molar-refractivity contribution in [3.63, 3.8) is 0 Å². The van der Waals surface area contributed by atoms with E-state index < -0.39 is 0 Å². The summed E-state index contributed by atoms with van der Waals surface area (Å²) in [5.41, 5.74) is 1.36. The summed E-state index contributed by atoms with van der Waals surface area (Å²) in [6.07, 6.45) is 3.75.